The Kier molecular flexibility index (Phi) is 6.71. The molecule has 0 aromatic rings. The first kappa shape index (κ1) is 16.5. The zero-order chi connectivity index (χ0) is 15.1. The Bertz CT molecular complexity index is 351. The Balaban J connectivity index is 1.71. The van der Waals surface area contributed by atoms with Crippen LogP contribution in [0.25, 0.3) is 0 Å². The van der Waals surface area contributed by atoms with Gasteiger partial charge in [0.1, 0.15) is 0 Å². The van der Waals surface area contributed by atoms with Gasteiger partial charge in [0.25, 0.3) is 0 Å². The Labute approximate surface area is 128 Å². The predicted octanol–water partition coefficient (Wildman–Crippen LogP) is 2.21. The highest BCUT2D eigenvalue weighted by molar-refractivity contribution is 5.87. The number of carbonyl (C=O) groups excluding carboxylic acids is 1. The van der Waals surface area contributed by atoms with Crippen LogP contribution in [-0.4, -0.2) is 49.7 Å². The van der Waals surface area contributed by atoms with E-state index in [2.05, 4.69) is 19.2 Å². The maximum atomic E-state index is 12.2. The van der Waals surface area contributed by atoms with Gasteiger partial charge in [-0.2, -0.15) is 0 Å². The molecule has 0 aliphatic carbocycles. The fourth-order valence-corrected chi connectivity index (χ4v) is 3.20. The molecular weight excluding hydrogens is 264 g/mol. The minimum absolute atomic E-state index is 0.174. The average Bonchev–Trinajstić information content (AvgIpc) is 3.04. The fourth-order valence-electron chi connectivity index (χ4n) is 3.20. The van der Waals surface area contributed by atoms with Gasteiger partial charge in [-0.05, 0) is 31.1 Å². The molecule has 1 amide bonds. The molecule has 1 N–H and O–H groups in total. The second-order valence-corrected chi connectivity index (χ2v) is 6.44. The largest absolute Gasteiger partial charge is 0.380 e. The molecule has 120 valence electrons. The van der Waals surface area contributed by atoms with Crippen LogP contribution in [0.4, 0.5) is 0 Å². The Morgan fingerprint density at radius 2 is 2.33 bits per heavy atom. The Hall–Kier alpha value is -0.870. The molecule has 2 aliphatic heterocycles. The molecule has 0 radical (unpaired) electrons. The monoisotopic (exact) mass is 294 g/mol. The highest BCUT2D eigenvalue weighted by Crippen LogP contribution is 2.25. The maximum absolute atomic E-state index is 12.2. The Morgan fingerprint density at radius 1 is 1.48 bits per heavy atom. The lowest BCUT2D eigenvalue weighted by Gasteiger charge is -2.35. The average molecular weight is 294 g/mol. The molecule has 4 nitrogen and oxygen atoms in total. The molecule has 3 atom stereocenters. The second kappa shape index (κ2) is 8.54. The lowest BCUT2D eigenvalue weighted by molar-refractivity contribution is -0.128. The van der Waals surface area contributed by atoms with Gasteiger partial charge in [-0.1, -0.05) is 26.3 Å². The van der Waals surface area contributed by atoms with Crippen LogP contribution in [0, 0.1) is 11.8 Å². The molecule has 0 aromatic heterocycles. The van der Waals surface area contributed by atoms with Gasteiger partial charge in [-0.3, -0.25) is 4.79 Å². The van der Waals surface area contributed by atoms with E-state index in [0.717, 1.165) is 45.7 Å². The topological polar surface area (TPSA) is 41.6 Å². The van der Waals surface area contributed by atoms with Gasteiger partial charge < -0.3 is 15.0 Å². The van der Waals surface area contributed by atoms with Crippen LogP contribution in [0.5, 0.6) is 0 Å². The molecule has 3 unspecified atom stereocenters. The third kappa shape index (κ3) is 5.11. The highest BCUT2D eigenvalue weighted by Gasteiger charge is 2.25. The minimum Gasteiger partial charge on any atom is -0.380 e. The van der Waals surface area contributed by atoms with Crippen LogP contribution < -0.4 is 5.32 Å². The summed E-state index contributed by atoms with van der Waals surface area (Å²) in [6.07, 6.45) is 8.38. The summed E-state index contributed by atoms with van der Waals surface area (Å²) in [5.74, 6) is 1.57. The molecule has 0 bridgehead atoms. The molecule has 2 heterocycles. The molecule has 2 aliphatic rings. The number of nitrogens with one attached hydrogen (secondary N) is 1. The van der Waals surface area contributed by atoms with Crippen molar-refractivity contribution in [3.63, 3.8) is 0 Å². The third-order valence-corrected chi connectivity index (χ3v) is 4.93. The summed E-state index contributed by atoms with van der Waals surface area (Å²) in [5.41, 5.74) is 0. The number of amides is 1. The van der Waals surface area contributed by atoms with Gasteiger partial charge in [0.05, 0.1) is 6.61 Å². The van der Waals surface area contributed by atoms with Crippen LogP contribution in [0.15, 0.2) is 12.2 Å². The normalized spacial score (nSPS) is 28.2. The van der Waals surface area contributed by atoms with E-state index in [1.165, 1.54) is 12.8 Å². The molecule has 0 saturated carbocycles. The van der Waals surface area contributed by atoms with E-state index in [-0.39, 0.29) is 5.91 Å². The number of likely N-dealkylation sites (tertiary alicyclic amines) is 1. The molecule has 0 spiro atoms. The number of hydrogen-bond donors (Lipinski definition) is 1. The molecule has 4 heteroatoms. The van der Waals surface area contributed by atoms with Crippen LogP contribution in [0.2, 0.25) is 0 Å². The molecule has 2 fully saturated rings. The fraction of sp³-hybridized carbons (Fsp3) is 0.824. The predicted molar refractivity (Wildman–Crippen MR) is 85.1 cm³/mol. The van der Waals surface area contributed by atoms with E-state index in [9.17, 15) is 4.79 Å². The number of rotatable bonds is 6. The number of carbonyl (C=O) groups is 1. The molecule has 2 rings (SSSR count). The van der Waals surface area contributed by atoms with Crippen molar-refractivity contribution in [2.24, 2.45) is 11.8 Å². The van der Waals surface area contributed by atoms with Gasteiger partial charge in [0, 0.05) is 38.4 Å². The summed E-state index contributed by atoms with van der Waals surface area (Å²) < 4.78 is 5.31. The lowest BCUT2D eigenvalue weighted by atomic mass is 9.85. The summed E-state index contributed by atoms with van der Waals surface area (Å²) in [5, 5.41) is 3.39. The van der Waals surface area contributed by atoms with E-state index < -0.39 is 0 Å². The number of piperidine rings is 1. The van der Waals surface area contributed by atoms with Crippen LogP contribution >= 0.6 is 0 Å². The SMILES string of the molecule is CCC(C)C1CCCN(C(=O)C=CCNC2CCOC2)C1. The van der Waals surface area contributed by atoms with Crippen molar-refractivity contribution in [3.05, 3.63) is 12.2 Å². The zero-order valence-electron chi connectivity index (χ0n) is 13.5. The zero-order valence-corrected chi connectivity index (χ0v) is 13.5. The van der Waals surface area contributed by atoms with Crippen LogP contribution in [0.1, 0.15) is 39.5 Å². The molecular formula is C17H30N2O2. The summed E-state index contributed by atoms with van der Waals surface area (Å²) in [6.45, 7) is 8.80. The highest BCUT2D eigenvalue weighted by atomic mass is 16.5. The number of hydrogen-bond acceptors (Lipinski definition) is 3. The maximum Gasteiger partial charge on any atom is 0.246 e. The van der Waals surface area contributed by atoms with Crippen molar-refractivity contribution < 1.29 is 9.53 Å². The molecule has 2 saturated heterocycles. The van der Waals surface area contributed by atoms with Gasteiger partial charge in [0.15, 0.2) is 0 Å². The van der Waals surface area contributed by atoms with E-state index in [4.69, 9.17) is 4.74 Å². The van der Waals surface area contributed by atoms with Gasteiger partial charge in [0.2, 0.25) is 5.91 Å². The number of nitrogens with zero attached hydrogens (tertiary/aromatic N) is 1. The Morgan fingerprint density at radius 3 is 3.05 bits per heavy atom. The van der Waals surface area contributed by atoms with E-state index >= 15 is 0 Å². The van der Waals surface area contributed by atoms with Crippen molar-refractivity contribution in [2.45, 2.75) is 45.6 Å². The molecule has 0 aromatic carbocycles. The summed E-state index contributed by atoms with van der Waals surface area (Å²) in [4.78, 5) is 14.3. The standard InChI is InChI=1S/C17H30N2O2/c1-3-14(2)15-6-5-10-19(12-15)17(20)7-4-9-18-16-8-11-21-13-16/h4,7,14-16,18H,3,5-6,8-13H2,1-2H3. The summed E-state index contributed by atoms with van der Waals surface area (Å²) >= 11 is 0. The first-order valence-electron chi connectivity index (χ1n) is 8.47. The van der Waals surface area contributed by atoms with E-state index in [0.29, 0.717) is 17.9 Å². The quantitative estimate of drug-likeness (QED) is 0.764. The van der Waals surface area contributed by atoms with E-state index in [1.807, 2.05) is 11.0 Å². The van der Waals surface area contributed by atoms with Crippen molar-refractivity contribution >= 4 is 5.91 Å². The van der Waals surface area contributed by atoms with Crippen LogP contribution in [-0.2, 0) is 9.53 Å². The van der Waals surface area contributed by atoms with Crippen molar-refractivity contribution in [1.82, 2.24) is 10.2 Å². The summed E-state index contributed by atoms with van der Waals surface area (Å²) in [6, 6.07) is 0.453. The van der Waals surface area contributed by atoms with Gasteiger partial charge in [-0.15, -0.1) is 0 Å². The van der Waals surface area contributed by atoms with E-state index in [1.54, 1.807) is 6.08 Å². The third-order valence-electron chi connectivity index (χ3n) is 4.93. The van der Waals surface area contributed by atoms with Gasteiger partial charge in [-0.25, -0.2) is 0 Å². The van der Waals surface area contributed by atoms with Crippen molar-refractivity contribution in [1.29, 1.82) is 0 Å². The first-order chi connectivity index (χ1) is 10.2. The van der Waals surface area contributed by atoms with Crippen LogP contribution in [0.3, 0.4) is 0 Å². The molecule has 21 heavy (non-hydrogen) atoms. The smallest absolute Gasteiger partial charge is 0.246 e. The first-order valence-corrected chi connectivity index (χ1v) is 8.47. The lowest BCUT2D eigenvalue weighted by Crippen LogP contribution is -2.41. The number of ether oxygens (including phenoxy) is 1. The minimum atomic E-state index is 0.174. The second-order valence-electron chi connectivity index (χ2n) is 6.44. The van der Waals surface area contributed by atoms with Crippen molar-refractivity contribution in [3.8, 4) is 0 Å². The summed E-state index contributed by atoms with van der Waals surface area (Å²) in [7, 11) is 0. The van der Waals surface area contributed by atoms with Gasteiger partial charge >= 0.3 is 0 Å². The van der Waals surface area contributed by atoms with Crippen molar-refractivity contribution in [2.75, 3.05) is 32.8 Å².